The smallest absolute Gasteiger partial charge is 0.101 e. The fraction of sp³-hybridized carbons (Fsp3) is 0.412. The third-order valence-electron chi connectivity index (χ3n) is 4.12. The van der Waals surface area contributed by atoms with Crippen LogP contribution < -0.4 is 5.32 Å². The van der Waals surface area contributed by atoms with Gasteiger partial charge in [-0.05, 0) is 31.0 Å². The number of anilines is 1. The number of aromatic nitrogens is 2. The molecule has 2 aromatic rings. The number of nitriles is 1. The quantitative estimate of drug-likeness (QED) is 0.925. The van der Waals surface area contributed by atoms with E-state index in [4.69, 9.17) is 5.26 Å². The summed E-state index contributed by atoms with van der Waals surface area (Å²) in [5, 5.41) is 17.1. The molecule has 21 heavy (non-hydrogen) atoms. The number of para-hydroxylation sites is 1. The molecule has 1 aromatic heterocycles. The Labute approximate surface area is 125 Å². The van der Waals surface area contributed by atoms with Crippen LogP contribution in [0.4, 0.5) is 5.69 Å². The second-order valence-electron chi connectivity index (χ2n) is 5.59. The highest BCUT2D eigenvalue weighted by atomic mass is 15.3. The van der Waals surface area contributed by atoms with E-state index in [-0.39, 0.29) is 0 Å². The highest BCUT2D eigenvalue weighted by Gasteiger charge is 2.15. The summed E-state index contributed by atoms with van der Waals surface area (Å²) >= 11 is 0. The van der Waals surface area contributed by atoms with Crippen molar-refractivity contribution in [1.82, 2.24) is 9.78 Å². The van der Waals surface area contributed by atoms with Gasteiger partial charge in [0.05, 0.1) is 29.5 Å². The minimum atomic E-state index is 0.568. The van der Waals surface area contributed by atoms with Crippen molar-refractivity contribution in [3.63, 3.8) is 0 Å². The molecule has 1 aromatic carbocycles. The van der Waals surface area contributed by atoms with Gasteiger partial charge in [0, 0.05) is 6.20 Å². The fourth-order valence-corrected chi connectivity index (χ4v) is 2.94. The lowest BCUT2D eigenvalue weighted by Gasteiger charge is -2.21. The van der Waals surface area contributed by atoms with Crippen LogP contribution in [-0.4, -0.2) is 9.78 Å². The maximum absolute atomic E-state index is 9.08. The molecule has 4 heteroatoms. The highest BCUT2D eigenvalue weighted by Crippen LogP contribution is 2.27. The molecule has 0 spiro atoms. The second-order valence-corrected chi connectivity index (χ2v) is 5.59. The first kappa shape index (κ1) is 13.7. The van der Waals surface area contributed by atoms with E-state index in [9.17, 15) is 0 Å². The summed E-state index contributed by atoms with van der Waals surface area (Å²) in [6.45, 7) is 0.651. The predicted molar refractivity (Wildman–Crippen MR) is 82.8 cm³/mol. The van der Waals surface area contributed by atoms with Crippen molar-refractivity contribution in [3.8, 4) is 6.07 Å². The molecule has 108 valence electrons. The molecular weight excluding hydrogens is 260 g/mol. The molecule has 1 aliphatic carbocycles. The predicted octanol–water partition coefficient (Wildman–Crippen LogP) is 3.87. The number of rotatable bonds is 4. The van der Waals surface area contributed by atoms with E-state index in [0.717, 1.165) is 11.4 Å². The lowest BCUT2D eigenvalue weighted by Crippen LogP contribution is -2.13. The van der Waals surface area contributed by atoms with E-state index in [1.807, 2.05) is 24.3 Å². The number of benzene rings is 1. The van der Waals surface area contributed by atoms with Gasteiger partial charge in [0.1, 0.15) is 6.07 Å². The fourth-order valence-electron chi connectivity index (χ4n) is 2.94. The Morgan fingerprint density at radius 2 is 2.00 bits per heavy atom. The monoisotopic (exact) mass is 280 g/mol. The van der Waals surface area contributed by atoms with Crippen LogP contribution in [-0.2, 0) is 6.54 Å². The van der Waals surface area contributed by atoms with E-state index in [2.05, 4.69) is 33.4 Å². The molecule has 0 unspecified atom stereocenters. The van der Waals surface area contributed by atoms with Crippen molar-refractivity contribution in [2.75, 3.05) is 5.32 Å². The summed E-state index contributed by atoms with van der Waals surface area (Å²) in [5.74, 6) is 0. The Hall–Kier alpha value is -2.28. The van der Waals surface area contributed by atoms with E-state index in [0.29, 0.717) is 18.2 Å². The van der Waals surface area contributed by atoms with Crippen LogP contribution in [0.2, 0.25) is 0 Å². The topological polar surface area (TPSA) is 53.6 Å². The summed E-state index contributed by atoms with van der Waals surface area (Å²) in [6, 6.07) is 12.4. The third-order valence-corrected chi connectivity index (χ3v) is 4.12. The van der Waals surface area contributed by atoms with Gasteiger partial charge in [0.2, 0.25) is 0 Å². The zero-order valence-electron chi connectivity index (χ0n) is 12.1. The van der Waals surface area contributed by atoms with Crippen LogP contribution in [0.3, 0.4) is 0 Å². The number of nitrogens with one attached hydrogen (secondary N) is 1. The summed E-state index contributed by atoms with van der Waals surface area (Å²) in [7, 11) is 0. The Morgan fingerprint density at radius 1 is 1.19 bits per heavy atom. The zero-order valence-corrected chi connectivity index (χ0v) is 12.1. The summed E-state index contributed by atoms with van der Waals surface area (Å²) in [5.41, 5.74) is 2.56. The Kier molecular flexibility index (Phi) is 4.20. The Bertz CT molecular complexity index is 632. The average Bonchev–Trinajstić information content (AvgIpc) is 3.03. The van der Waals surface area contributed by atoms with Gasteiger partial charge in [-0.2, -0.15) is 10.4 Å². The van der Waals surface area contributed by atoms with Crippen LogP contribution in [0, 0.1) is 11.3 Å². The first-order valence-electron chi connectivity index (χ1n) is 7.64. The molecule has 0 amide bonds. The summed E-state index contributed by atoms with van der Waals surface area (Å²) in [6.07, 6.45) is 8.55. The van der Waals surface area contributed by atoms with Gasteiger partial charge in [-0.15, -0.1) is 0 Å². The lowest BCUT2D eigenvalue weighted by atomic mass is 9.96. The maximum atomic E-state index is 9.08. The normalized spacial score (nSPS) is 15.6. The van der Waals surface area contributed by atoms with Crippen LogP contribution in [0.15, 0.2) is 36.5 Å². The van der Waals surface area contributed by atoms with Gasteiger partial charge in [0.25, 0.3) is 0 Å². The molecule has 0 atom stereocenters. The van der Waals surface area contributed by atoms with Gasteiger partial charge in [-0.3, -0.25) is 4.68 Å². The van der Waals surface area contributed by atoms with Crippen LogP contribution >= 0.6 is 0 Å². The molecule has 0 saturated heterocycles. The third kappa shape index (κ3) is 3.25. The molecule has 3 rings (SSSR count). The minimum Gasteiger partial charge on any atom is -0.378 e. The Balaban J connectivity index is 1.63. The lowest BCUT2D eigenvalue weighted by molar-refractivity contribution is 0.328. The van der Waals surface area contributed by atoms with E-state index < -0.39 is 0 Å². The largest absolute Gasteiger partial charge is 0.378 e. The molecule has 1 aliphatic rings. The van der Waals surface area contributed by atoms with Crippen LogP contribution in [0.5, 0.6) is 0 Å². The van der Waals surface area contributed by atoms with Crippen molar-refractivity contribution in [1.29, 1.82) is 5.26 Å². The molecule has 0 bridgehead atoms. The molecule has 1 fully saturated rings. The van der Waals surface area contributed by atoms with Crippen molar-refractivity contribution < 1.29 is 0 Å². The minimum absolute atomic E-state index is 0.568. The van der Waals surface area contributed by atoms with Crippen molar-refractivity contribution >= 4 is 5.69 Å². The van der Waals surface area contributed by atoms with E-state index in [1.54, 1.807) is 0 Å². The second kappa shape index (κ2) is 6.45. The molecule has 0 radical (unpaired) electrons. The molecular formula is C17H20N4. The van der Waals surface area contributed by atoms with Crippen molar-refractivity contribution in [2.45, 2.75) is 44.7 Å². The number of nitrogens with zero attached hydrogens (tertiary/aromatic N) is 3. The first-order chi connectivity index (χ1) is 10.4. The maximum Gasteiger partial charge on any atom is 0.101 e. The standard InChI is InChI=1S/C17H20N4/c18-12-14-6-4-5-9-17(14)19-13-15-10-11-21(20-15)16-7-2-1-3-8-16/h4-6,9-11,16,19H,1-3,7-8,13H2. The van der Waals surface area contributed by atoms with Crippen molar-refractivity contribution in [3.05, 3.63) is 47.8 Å². The first-order valence-corrected chi connectivity index (χ1v) is 7.64. The molecule has 0 aliphatic heterocycles. The Morgan fingerprint density at radius 3 is 2.81 bits per heavy atom. The zero-order chi connectivity index (χ0) is 14.5. The number of hydrogen-bond donors (Lipinski definition) is 1. The van der Waals surface area contributed by atoms with Gasteiger partial charge in [-0.25, -0.2) is 0 Å². The summed E-state index contributed by atoms with van der Waals surface area (Å²) in [4.78, 5) is 0. The van der Waals surface area contributed by atoms with Crippen LogP contribution in [0.1, 0.15) is 49.4 Å². The average molecular weight is 280 g/mol. The van der Waals surface area contributed by atoms with Gasteiger partial charge in [-0.1, -0.05) is 31.4 Å². The van der Waals surface area contributed by atoms with E-state index in [1.165, 1.54) is 32.1 Å². The van der Waals surface area contributed by atoms with Gasteiger partial charge >= 0.3 is 0 Å². The summed E-state index contributed by atoms with van der Waals surface area (Å²) < 4.78 is 2.12. The van der Waals surface area contributed by atoms with Gasteiger partial charge in [0.15, 0.2) is 0 Å². The highest BCUT2D eigenvalue weighted by molar-refractivity contribution is 5.57. The van der Waals surface area contributed by atoms with Gasteiger partial charge < -0.3 is 5.32 Å². The van der Waals surface area contributed by atoms with Crippen LogP contribution in [0.25, 0.3) is 0 Å². The SMILES string of the molecule is N#Cc1ccccc1NCc1ccn(C2CCCCC2)n1. The molecule has 1 N–H and O–H groups in total. The van der Waals surface area contributed by atoms with Crippen molar-refractivity contribution in [2.24, 2.45) is 0 Å². The number of hydrogen-bond acceptors (Lipinski definition) is 3. The molecule has 1 saturated carbocycles. The molecule has 1 heterocycles. The van der Waals surface area contributed by atoms with E-state index >= 15 is 0 Å². The molecule has 4 nitrogen and oxygen atoms in total.